The number of carbonyl (C=O) groups excluding carboxylic acids is 1. The van der Waals surface area contributed by atoms with E-state index in [1.54, 1.807) is 0 Å². The molecule has 0 amide bonds. The topological polar surface area (TPSA) is 26.3 Å². The maximum absolute atomic E-state index is 12.0. The SMILES string of the molecule is CO[C@H](C)[C@H]1CC[C@H]2[C@@H]3CC[C@H]4CC(=O)CC[C@]4(C)[C@H]3CC[C@]12C. The van der Waals surface area contributed by atoms with E-state index in [-0.39, 0.29) is 0 Å². The van der Waals surface area contributed by atoms with Crippen LogP contribution in [0.15, 0.2) is 0 Å². The van der Waals surface area contributed by atoms with Crippen molar-refractivity contribution < 1.29 is 9.53 Å². The van der Waals surface area contributed by atoms with E-state index in [2.05, 4.69) is 20.8 Å². The monoisotopic (exact) mass is 332 g/mol. The van der Waals surface area contributed by atoms with Gasteiger partial charge in [0.05, 0.1) is 6.10 Å². The molecule has 24 heavy (non-hydrogen) atoms. The maximum Gasteiger partial charge on any atom is 0.133 e. The number of hydrogen-bond donors (Lipinski definition) is 0. The van der Waals surface area contributed by atoms with Crippen LogP contribution in [0.25, 0.3) is 0 Å². The molecule has 0 N–H and O–H groups in total. The molecule has 4 aliphatic carbocycles. The van der Waals surface area contributed by atoms with Gasteiger partial charge in [-0.05, 0) is 92.3 Å². The first-order chi connectivity index (χ1) is 11.4. The quantitative estimate of drug-likeness (QED) is 0.690. The Morgan fingerprint density at radius 1 is 1.00 bits per heavy atom. The van der Waals surface area contributed by atoms with Crippen molar-refractivity contribution in [2.75, 3.05) is 7.11 Å². The molecule has 0 aliphatic heterocycles. The first-order valence-electron chi connectivity index (χ1n) is 10.4. The normalized spacial score (nSPS) is 52.3. The number of ketones is 1. The first kappa shape index (κ1) is 17.1. The largest absolute Gasteiger partial charge is 0.381 e. The Morgan fingerprint density at radius 2 is 1.75 bits per heavy atom. The van der Waals surface area contributed by atoms with E-state index in [4.69, 9.17) is 4.74 Å². The Hall–Kier alpha value is -0.370. The van der Waals surface area contributed by atoms with E-state index in [0.717, 1.165) is 36.5 Å². The molecular weight excluding hydrogens is 296 g/mol. The fraction of sp³-hybridized carbons (Fsp3) is 0.955. The lowest BCUT2D eigenvalue weighted by Gasteiger charge is -2.60. The number of carbonyl (C=O) groups is 1. The number of Topliss-reactive ketones (excluding diaryl/α,β-unsaturated/α-hetero) is 1. The molecule has 2 nitrogen and oxygen atoms in total. The summed E-state index contributed by atoms with van der Waals surface area (Å²) in [6.45, 7) is 7.42. The average molecular weight is 333 g/mol. The minimum absolute atomic E-state index is 0.399. The Bertz CT molecular complexity index is 514. The molecule has 0 aromatic heterocycles. The zero-order chi connectivity index (χ0) is 17.1. The van der Waals surface area contributed by atoms with Gasteiger partial charge in [-0.1, -0.05) is 13.8 Å². The van der Waals surface area contributed by atoms with Crippen molar-refractivity contribution in [3.05, 3.63) is 0 Å². The summed E-state index contributed by atoms with van der Waals surface area (Å²) < 4.78 is 5.76. The first-order valence-corrected chi connectivity index (χ1v) is 10.4. The molecule has 0 aromatic carbocycles. The Morgan fingerprint density at radius 3 is 2.50 bits per heavy atom. The van der Waals surface area contributed by atoms with Crippen molar-refractivity contribution in [1.82, 2.24) is 0 Å². The van der Waals surface area contributed by atoms with Crippen molar-refractivity contribution in [1.29, 1.82) is 0 Å². The summed E-state index contributed by atoms with van der Waals surface area (Å²) in [5.41, 5.74) is 0.938. The molecule has 0 saturated heterocycles. The van der Waals surface area contributed by atoms with Crippen molar-refractivity contribution in [3.8, 4) is 0 Å². The van der Waals surface area contributed by atoms with Gasteiger partial charge in [-0.3, -0.25) is 4.79 Å². The van der Waals surface area contributed by atoms with Crippen molar-refractivity contribution in [2.45, 2.75) is 84.7 Å². The number of methoxy groups -OCH3 is 1. The molecule has 4 aliphatic rings. The standard InChI is InChI=1S/C22H36O2/c1-14(24-4)18-7-8-19-17-6-5-15-13-16(23)9-11-21(15,2)20(17)10-12-22(18,19)3/h14-15,17-20H,5-13H2,1-4H3/t14-,15+,17+,18-,19+,20+,21+,22-/m1/s1. The van der Waals surface area contributed by atoms with Crippen LogP contribution in [0.4, 0.5) is 0 Å². The maximum atomic E-state index is 12.0. The summed E-state index contributed by atoms with van der Waals surface area (Å²) >= 11 is 0. The zero-order valence-corrected chi connectivity index (χ0v) is 16.1. The van der Waals surface area contributed by atoms with Crippen molar-refractivity contribution in [2.24, 2.45) is 40.4 Å². The molecule has 0 spiro atoms. The molecule has 0 radical (unpaired) electrons. The minimum Gasteiger partial charge on any atom is -0.381 e. The van der Waals surface area contributed by atoms with Crippen molar-refractivity contribution in [3.63, 3.8) is 0 Å². The van der Waals surface area contributed by atoms with Gasteiger partial charge in [0, 0.05) is 20.0 Å². The summed E-state index contributed by atoms with van der Waals surface area (Å²) in [4.78, 5) is 12.0. The van der Waals surface area contributed by atoms with Gasteiger partial charge in [0.25, 0.3) is 0 Å². The van der Waals surface area contributed by atoms with Gasteiger partial charge in [0.2, 0.25) is 0 Å². The van der Waals surface area contributed by atoms with E-state index in [0.29, 0.717) is 28.6 Å². The Balaban J connectivity index is 1.60. The molecule has 4 rings (SSSR count). The Labute approximate surface area is 148 Å². The van der Waals surface area contributed by atoms with E-state index in [1.807, 2.05) is 7.11 Å². The lowest BCUT2D eigenvalue weighted by molar-refractivity contribution is -0.142. The van der Waals surface area contributed by atoms with E-state index in [9.17, 15) is 4.79 Å². The predicted molar refractivity (Wildman–Crippen MR) is 96.7 cm³/mol. The van der Waals surface area contributed by atoms with Crippen LogP contribution in [0.3, 0.4) is 0 Å². The second kappa shape index (κ2) is 5.83. The molecule has 4 saturated carbocycles. The van der Waals surface area contributed by atoms with Crippen LogP contribution >= 0.6 is 0 Å². The summed E-state index contributed by atoms with van der Waals surface area (Å²) in [6, 6.07) is 0. The molecular formula is C22H36O2. The third-order valence-electron chi connectivity index (χ3n) is 9.49. The summed E-state index contributed by atoms with van der Waals surface area (Å²) in [5.74, 6) is 4.64. The van der Waals surface area contributed by atoms with Crippen LogP contribution in [-0.2, 0) is 9.53 Å². The highest BCUT2D eigenvalue weighted by Gasteiger charge is 2.60. The van der Waals surface area contributed by atoms with Crippen LogP contribution in [-0.4, -0.2) is 19.0 Å². The molecule has 0 unspecified atom stereocenters. The van der Waals surface area contributed by atoms with Gasteiger partial charge in [0.15, 0.2) is 0 Å². The molecule has 0 heterocycles. The van der Waals surface area contributed by atoms with E-state index in [1.165, 1.54) is 44.9 Å². The van der Waals surface area contributed by atoms with Gasteiger partial charge in [-0.25, -0.2) is 0 Å². The second-order valence-corrected chi connectivity index (χ2v) is 10.1. The fourth-order valence-electron chi connectivity index (χ4n) is 8.02. The molecule has 0 aromatic rings. The Kier molecular flexibility index (Phi) is 4.14. The zero-order valence-electron chi connectivity index (χ0n) is 16.1. The van der Waals surface area contributed by atoms with E-state index < -0.39 is 0 Å². The van der Waals surface area contributed by atoms with Crippen LogP contribution in [0.1, 0.15) is 78.6 Å². The molecule has 136 valence electrons. The highest BCUT2D eigenvalue weighted by atomic mass is 16.5. The number of fused-ring (bicyclic) bond motifs is 5. The molecule has 8 atom stereocenters. The number of ether oxygens (including phenoxy) is 1. The molecule has 4 fully saturated rings. The molecule has 2 heteroatoms. The summed E-state index contributed by atoms with van der Waals surface area (Å²) in [6.07, 6.45) is 11.5. The van der Waals surface area contributed by atoms with Gasteiger partial charge >= 0.3 is 0 Å². The predicted octanol–water partition coefficient (Wildman–Crippen LogP) is 5.25. The highest BCUT2D eigenvalue weighted by Crippen LogP contribution is 2.67. The third-order valence-corrected chi connectivity index (χ3v) is 9.49. The van der Waals surface area contributed by atoms with Crippen LogP contribution in [0.2, 0.25) is 0 Å². The fourth-order valence-corrected chi connectivity index (χ4v) is 8.02. The van der Waals surface area contributed by atoms with E-state index >= 15 is 0 Å². The van der Waals surface area contributed by atoms with Crippen LogP contribution < -0.4 is 0 Å². The highest BCUT2D eigenvalue weighted by molar-refractivity contribution is 5.79. The van der Waals surface area contributed by atoms with Crippen LogP contribution in [0, 0.1) is 40.4 Å². The van der Waals surface area contributed by atoms with Crippen LogP contribution in [0.5, 0.6) is 0 Å². The van der Waals surface area contributed by atoms with Gasteiger partial charge < -0.3 is 4.74 Å². The van der Waals surface area contributed by atoms with Gasteiger partial charge in [-0.15, -0.1) is 0 Å². The second-order valence-electron chi connectivity index (χ2n) is 10.1. The van der Waals surface area contributed by atoms with Gasteiger partial charge in [-0.2, -0.15) is 0 Å². The summed E-state index contributed by atoms with van der Waals surface area (Å²) in [7, 11) is 1.89. The van der Waals surface area contributed by atoms with Gasteiger partial charge in [0.1, 0.15) is 5.78 Å². The smallest absolute Gasteiger partial charge is 0.133 e. The lowest BCUT2D eigenvalue weighted by atomic mass is 9.44. The molecule has 0 bridgehead atoms. The summed E-state index contributed by atoms with van der Waals surface area (Å²) in [5, 5.41) is 0. The average Bonchev–Trinajstić information content (AvgIpc) is 2.92. The van der Waals surface area contributed by atoms with Crippen molar-refractivity contribution >= 4 is 5.78 Å². The number of hydrogen-bond acceptors (Lipinski definition) is 2. The third kappa shape index (κ3) is 2.27. The number of rotatable bonds is 2. The lowest BCUT2D eigenvalue weighted by Crippen LogP contribution is -2.54. The minimum atomic E-state index is 0.399.